The highest BCUT2D eigenvalue weighted by molar-refractivity contribution is 5.15. The maximum absolute atomic E-state index is 10.4. The highest BCUT2D eigenvalue weighted by Crippen LogP contribution is 2.36. The Morgan fingerprint density at radius 2 is 1.93 bits per heavy atom. The van der Waals surface area contributed by atoms with E-state index in [1.54, 1.807) is 6.08 Å². The van der Waals surface area contributed by atoms with Gasteiger partial charge in [-0.1, -0.05) is 54.6 Å². The number of rotatable bonds is 10. The minimum atomic E-state index is -0.553. The molecule has 0 spiro atoms. The van der Waals surface area contributed by atoms with Crippen molar-refractivity contribution in [2.24, 2.45) is 11.8 Å². The van der Waals surface area contributed by atoms with Crippen molar-refractivity contribution in [1.29, 1.82) is 0 Å². The van der Waals surface area contributed by atoms with E-state index in [1.165, 1.54) is 5.56 Å². The van der Waals surface area contributed by atoms with Crippen LogP contribution in [-0.2, 0) is 11.2 Å². The van der Waals surface area contributed by atoms with Gasteiger partial charge in [0.1, 0.15) is 0 Å². The highest BCUT2D eigenvalue weighted by atomic mass is 16.5. The van der Waals surface area contributed by atoms with Crippen LogP contribution in [0.5, 0.6) is 0 Å². The molecule has 1 aromatic rings. The molecule has 1 aliphatic heterocycles. The summed E-state index contributed by atoms with van der Waals surface area (Å²) in [4.78, 5) is 0. The quantitative estimate of drug-likeness (QED) is 0.523. The molecular formula is C25H36O4. The van der Waals surface area contributed by atoms with Crippen LogP contribution in [0.4, 0.5) is 0 Å². The molecule has 2 fully saturated rings. The number of aliphatic hydroxyl groups excluding tert-OH is 3. The van der Waals surface area contributed by atoms with E-state index in [1.807, 2.05) is 24.3 Å². The Morgan fingerprint density at radius 3 is 2.62 bits per heavy atom. The first kappa shape index (κ1) is 22.2. The van der Waals surface area contributed by atoms with E-state index in [0.29, 0.717) is 12.8 Å². The molecule has 0 amide bonds. The van der Waals surface area contributed by atoms with Crippen molar-refractivity contribution in [3.05, 3.63) is 60.2 Å². The Kier molecular flexibility index (Phi) is 8.07. The molecule has 0 bridgehead atoms. The number of hydrogen-bond acceptors (Lipinski definition) is 4. The molecule has 1 unspecified atom stereocenters. The van der Waals surface area contributed by atoms with Gasteiger partial charge in [-0.25, -0.2) is 0 Å². The summed E-state index contributed by atoms with van der Waals surface area (Å²) in [6, 6.07) is 10.1. The van der Waals surface area contributed by atoms with Crippen molar-refractivity contribution in [2.45, 2.75) is 75.8 Å². The molecule has 1 aromatic carbocycles. The van der Waals surface area contributed by atoms with E-state index in [-0.39, 0.29) is 17.4 Å². The topological polar surface area (TPSA) is 69.9 Å². The van der Waals surface area contributed by atoms with Gasteiger partial charge >= 0.3 is 0 Å². The molecule has 0 radical (unpaired) electrons. The lowest BCUT2D eigenvalue weighted by atomic mass is 9.89. The first-order chi connectivity index (χ1) is 14.0. The molecule has 6 atom stereocenters. The smallest absolute Gasteiger partial charge is 0.0724 e. The highest BCUT2D eigenvalue weighted by Gasteiger charge is 2.39. The second-order valence-corrected chi connectivity index (χ2v) is 8.88. The summed E-state index contributed by atoms with van der Waals surface area (Å²) >= 11 is 0. The fraction of sp³-hybridized carbons (Fsp3) is 0.600. The van der Waals surface area contributed by atoms with E-state index < -0.39 is 18.3 Å². The van der Waals surface area contributed by atoms with Crippen LogP contribution in [-0.4, -0.2) is 45.8 Å². The molecule has 4 nitrogen and oxygen atoms in total. The number of aryl methyl sites for hydroxylation is 1. The predicted octanol–water partition coefficient (Wildman–Crippen LogP) is 3.80. The summed E-state index contributed by atoms with van der Waals surface area (Å²) in [5.74, 6) is -0.122. The van der Waals surface area contributed by atoms with Crippen LogP contribution in [0.2, 0.25) is 0 Å². The average molecular weight is 401 g/mol. The minimum absolute atomic E-state index is 0.00522. The lowest BCUT2D eigenvalue weighted by Crippen LogP contribution is -2.40. The van der Waals surface area contributed by atoms with Gasteiger partial charge in [-0.3, -0.25) is 0 Å². The van der Waals surface area contributed by atoms with Gasteiger partial charge < -0.3 is 20.1 Å². The number of aliphatic hydroxyl groups is 3. The average Bonchev–Trinajstić information content (AvgIpc) is 2.96. The maximum atomic E-state index is 10.4. The van der Waals surface area contributed by atoms with E-state index in [9.17, 15) is 15.3 Å². The Bertz CT molecular complexity index is 665. The van der Waals surface area contributed by atoms with E-state index in [4.69, 9.17) is 4.74 Å². The number of hydrogen-bond donors (Lipinski definition) is 3. The number of ether oxygens (including phenoxy) is 1. The number of allylic oxidation sites excluding steroid dienone is 2. The van der Waals surface area contributed by atoms with Crippen molar-refractivity contribution in [3.63, 3.8) is 0 Å². The van der Waals surface area contributed by atoms with Crippen LogP contribution < -0.4 is 0 Å². The Hall–Kier alpha value is -1.46. The molecule has 29 heavy (non-hydrogen) atoms. The summed E-state index contributed by atoms with van der Waals surface area (Å²) in [5.41, 5.74) is 1.26. The molecule has 1 saturated carbocycles. The van der Waals surface area contributed by atoms with Gasteiger partial charge in [-0.05, 0) is 56.9 Å². The third-order valence-electron chi connectivity index (χ3n) is 6.54. The lowest BCUT2D eigenvalue weighted by molar-refractivity contribution is -0.137. The van der Waals surface area contributed by atoms with Crippen LogP contribution in [0.3, 0.4) is 0 Å². The van der Waals surface area contributed by atoms with E-state index in [0.717, 1.165) is 38.7 Å². The van der Waals surface area contributed by atoms with Crippen molar-refractivity contribution in [2.75, 3.05) is 6.61 Å². The molecule has 0 aromatic heterocycles. The monoisotopic (exact) mass is 400 g/mol. The zero-order valence-electron chi connectivity index (χ0n) is 17.5. The van der Waals surface area contributed by atoms with Crippen LogP contribution in [0.15, 0.2) is 54.6 Å². The fourth-order valence-corrected chi connectivity index (χ4v) is 4.43. The lowest BCUT2D eigenvalue weighted by Gasteiger charge is -2.38. The fourth-order valence-electron chi connectivity index (χ4n) is 4.43. The van der Waals surface area contributed by atoms with Crippen LogP contribution in [0.1, 0.15) is 51.0 Å². The van der Waals surface area contributed by atoms with Gasteiger partial charge in [-0.2, -0.15) is 0 Å². The van der Waals surface area contributed by atoms with Crippen LogP contribution in [0, 0.1) is 11.8 Å². The second kappa shape index (κ2) is 10.5. The molecule has 1 aliphatic carbocycles. The van der Waals surface area contributed by atoms with Gasteiger partial charge in [0.25, 0.3) is 0 Å². The summed E-state index contributed by atoms with van der Waals surface area (Å²) in [6.07, 6.45) is 12.1. The normalized spacial score (nSPS) is 33.4. The third kappa shape index (κ3) is 6.51. The van der Waals surface area contributed by atoms with Gasteiger partial charge in [0.05, 0.1) is 30.5 Å². The molecule has 4 heteroatoms. The zero-order chi connectivity index (χ0) is 20.7. The SMILES string of the molecule is CC1(CC/C=C\C[C@@H]2[C@@H](/C=C/[C@@H](O)CCc3ccccc3)[C@H](O)C[C@@H]2O)CCO1. The summed E-state index contributed by atoms with van der Waals surface area (Å²) in [7, 11) is 0. The minimum Gasteiger partial charge on any atom is -0.393 e. The molecular weight excluding hydrogens is 364 g/mol. The largest absolute Gasteiger partial charge is 0.393 e. The van der Waals surface area contributed by atoms with Gasteiger partial charge in [0.15, 0.2) is 0 Å². The van der Waals surface area contributed by atoms with Crippen molar-refractivity contribution < 1.29 is 20.1 Å². The van der Waals surface area contributed by atoms with Crippen molar-refractivity contribution >= 4 is 0 Å². The summed E-state index contributed by atoms with van der Waals surface area (Å²) < 4.78 is 5.61. The summed E-state index contributed by atoms with van der Waals surface area (Å²) in [6.45, 7) is 3.03. The van der Waals surface area contributed by atoms with Gasteiger partial charge in [0.2, 0.25) is 0 Å². The number of benzene rings is 1. The molecule has 2 aliphatic rings. The Morgan fingerprint density at radius 1 is 1.17 bits per heavy atom. The van der Waals surface area contributed by atoms with E-state index >= 15 is 0 Å². The molecule has 3 N–H and O–H groups in total. The second-order valence-electron chi connectivity index (χ2n) is 8.88. The Balaban J connectivity index is 1.46. The molecule has 1 saturated heterocycles. The molecule has 160 valence electrons. The standard InChI is InChI=1S/C25H36O4/c1-25(16-17-29-25)15-7-3-6-10-21-22(24(28)18-23(21)27)14-13-20(26)12-11-19-8-4-2-5-9-19/h2-6,8-9,13-14,20-24,26-28H,7,10-12,15-18H2,1H3/b6-3-,14-13+/t20-,21+,22+,23-,24+,25?/m0/s1. The third-order valence-corrected chi connectivity index (χ3v) is 6.54. The van der Waals surface area contributed by atoms with Crippen molar-refractivity contribution in [1.82, 2.24) is 0 Å². The zero-order valence-corrected chi connectivity index (χ0v) is 17.5. The van der Waals surface area contributed by atoms with Gasteiger partial charge in [0, 0.05) is 12.3 Å². The first-order valence-electron chi connectivity index (χ1n) is 11.0. The first-order valence-corrected chi connectivity index (χ1v) is 11.0. The summed E-state index contributed by atoms with van der Waals surface area (Å²) in [5, 5.41) is 31.0. The molecule has 3 rings (SSSR count). The Labute approximate surface area is 174 Å². The van der Waals surface area contributed by atoms with Crippen molar-refractivity contribution in [3.8, 4) is 0 Å². The van der Waals surface area contributed by atoms with E-state index in [2.05, 4.69) is 31.2 Å². The van der Waals surface area contributed by atoms with Gasteiger partial charge in [-0.15, -0.1) is 0 Å². The van der Waals surface area contributed by atoms with Crippen LogP contribution >= 0.6 is 0 Å². The molecule has 1 heterocycles. The van der Waals surface area contributed by atoms with Crippen LogP contribution in [0.25, 0.3) is 0 Å². The maximum Gasteiger partial charge on any atom is 0.0724 e. The predicted molar refractivity (Wildman–Crippen MR) is 115 cm³/mol.